The van der Waals surface area contributed by atoms with Crippen LogP contribution in [0.5, 0.6) is 5.75 Å². The molecule has 1 aliphatic heterocycles. The van der Waals surface area contributed by atoms with Crippen LogP contribution in [0, 0.1) is 6.92 Å². The van der Waals surface area contributed by atoms with E-state index in [1.807, 2.05) is 0 Å². The first-order valence-corrected chi connectivity index (χ1v) is 9.89. The van der Waals surface area contributed by atoms with Gasteiger partial charge in [0, 0.05) is 10.6 Å². The molecule has 2 heterocycles. The third-order valence-corrected chi connectivity index (χ3v) is 5.49. The van der Waals surface area contributed by atoms with Gasteiger partial charge in [-0.1, -0.05) is 23.7 Å². The van der Waals surface area contributed by atoms with E-state index < -0.39 is 36.5 Å². The highest BCUT2D eigenvalue weighted by Gasteiger charge is 2.43. The number of halogens is 4. The lowest BCUT2D eigenvalue weighted by Gasteiger charge is -2.24. The van der Waals surface area contributed by atoms with Gasteiger partial charge in [0.15, 0.2) is 5.82 Å². The first-order chi connectivity index (χ1) is 15.1. The van der Waals surface area contributed by atoms with Crippen molar-refractivity contribution >= 4 is 17.5 Å². The molecule has 0 unspecified atom stereocenters. The summed E-state index contributed by atoms with van der Waals surface area (Å²) in [6, 6.07) is 9.70. The largest absolute Gasteiger partial charge is 0.496 e. The Morgan fingerprint density at radius 1 is 1.25 bits per heavy atom. The fourth-order valence-electron chi connectivity index (χ4n) is 3.86. The van der Waals surface area contributed by atoms with Crippen LogP contribution in [0.25, 0.3) is 5.69 Å². The van der Waals surface area contributed by atoms with Gasteiger partial charge in [0.25, 0.3) is 0 Å². The smallest absolute Gasteiger partial charge is 0.452 e. The van der Waals surface area contributed by atoms with Gasteiger partial charge in [-0.05, 0) is 42.3 Å². The quantitative estimate of drug-likeness (QED) is 0.619. The van der Waals surface area contributed by atoms with Gasteiger partial charge in [0.1, 0.15) is 18.0 Å². The number of aromatic nitrogens is 3. The number of rotatable bonds is 4. The molecule has 1 amide bonds. The summed E-state index contributed by atoms with van der Waals surface area (Å²) in [5.74, 6) is -1.61. The van der Waals surface area contributed by atoms with Crippen LogP contribution in [0.3, 0.4) is 0 Å². The van der Waals surface area contributed by atoms with Crippen LogP contribution in [-0.2, 0) is 15.7 Å². The molecule has 0 fully saturated rings. The number of amides is 1. The zero-order valence-electron chi connectivity index (χ0n) is 17.0. The fraction of sp³-hybridized carbons (Fsp3) is 0.286. The Labute approximate surface area is 185 Å². The minimum Gasteiger partial charge on any atom is -0.496 e. The lowest BCUT2D eigenvalue weighted by Crippen LogP contribution is -2.21. The van der Waals surface area contributed by atoms with E-state index in [0.717, 1.165) is 10.1 Å². The number of fused-ring (bicyclic) bond motifs is 3. The highest BCUT2D eigenvalue weighted by molar-refractivity contribution is 6.30. The van der Waals surface area contributed by atoms with Crippen molar-refractivity contribution in [2.24, 2.45) is 5.73 Å². The number of nitrogens with zero attached hydrogens (tertiary/aromatic N) is 3. The number of alkyl halides is 3. The highest BCUT2D eigenvalue weighted by atomic mass is 35.5. The third-order valence-electron chi connectivity index (χ3n) is 5.26. The van der Waals surface area contributed by atoms with Gasteiger partial charge < -0.3 is 15.2 Å². The van der Waals surface area contributed by atoms with Crippen LogP contribution < -0.4 is 10.5 Å². The van der Waals surface area contributed by atoms with E-state index in [-0.39, 0.29) is 11.5 Å². The summed E-state index contributed by atoms with van der Waals surface area (Å²) in [6.07, 6.45) is -7.26. The Morgan fingerprint density at radius 2 is 2.00 bits per heavy atom. The standard InChI is InChI=1S/C21H18ClF3N4O3/c1-10-12(4-3-5-15(10)31-2)18-13-8-11(22)6-7-14(13)29-19(16(32-18)9-17(26)30)27-28-20(29)21(23,24)25/h3-8,16,18H,9H2,1-2H3,(H2,26,30)/t16-,18-/m1/s1. The second-order valence-electron chi connectivity index (χ2n) is 7.27. The number of benzene rings is 2. The molecule has 2 N–H and O–H groups in total. The molecule has 0 saturated carbocycles. The van der Waals surface area contributed by atoms with Crippen molar-refractivity contribution in [1.29, 1.82) is 0 Å². The molecule has 0 aliphatic carbocycles. The van der Waals surface area contributed by atoms with Gasteiger partial charge in [0.05, 0.1) is 19.2 Å². The molecule has 7 nitrogen and oxygen atoms in total. The zero-order valence-corrected chi connectivity index (χ0v) is 17.7. The number of carbonyl (C=O) groups is 1. The molecule has 0 radical (unpaired) electrons. The van der Waals surface area contributed by atoms with Crippen molar-refractivity contribution in [3.63, 3.8) is 0 Å². The summed E-state index contributed by atoms with van der Waals surface area (Å²) in [7, 11) is 1.51. The van der Waals surface area contributed by atoms with Gasteiger partial charge in [-0.2, -0.15) is 13.2 Å². The lowest BCUT2D eigenvalue weighted by molar-refractivity contribution is -0.146. The maximum absolute atomic E-state index is 13.8. The van der Waals surface area contributed by atoms with Crippen LogP contribution in [0.2, 0.25) is 5.02 Å². The summed E-state index contributed by atoms with van der Waals surface area (Å²) >= 11 is 6.22. The van der Waals surface area contributed by atoms with Gasteiger partial charge in [-0.15, -0.1) is 10.2 Å². The number of carbonyl (C=O) groups excluding carboxylic acids is 1. The number of nitrogens with two attached hydrogens (primary N) is 1. The predicted octanol–water partition coefficient (Wildman–Crippen LogP) is 4.29. The predicted molar refractivity (Wildman–Crippen MR) is 109 cm³/mol. The Bertz CT molecular complexity index is 1200. The van der Waals surface area contributed by atoms with E-state index in [1.165, 1.54) is 25.3 Å². The summed E-state index contributed by atoms with van der Waals surface area (Å²) in [6.45, 7) is 1.80. The fourth-order valence-corrected chi connectivity index (χ4v) is 4.04. The molecule has 4 rings (SSSR count). The minimum atomic E-state index is -4.80. The van der Waals surface area contributed by atoms with Crippen molar-refractivity contribution in [2.75, 3.05) is 7.11 Å². The van der Waals surface area contributed by atoms with Crippen LogP contribution in [0.4, 0.5) is 13.2 Å². The molecule has 0 spiro atoms. The molecule has 11 heteroatoms. The second-order valence-corrected chi connectivity index (χ2v) is 7.70. The Hall–Kier alpha value is -3.11. The SMILES string of the molecule is COc1cccc([C@H]2O[C@H](CC(N)=O)c3nnc(C(F)(F)F)n3-c3ccc(Cl)cc32)c1C. The van der Waals surface area contributed by atoms with E-state index in [1.54, 1.807) is 25.1 Å². The van der Waals surface area contributed by atoms with E-state index in [9.17, 15) is 18.0 Å². The minimum absolute atomic E-state index is 0.140. The number of primary amides is 1. The third kappa shape index (κ3) is 3.80. The molecule has 1 aliphatic rings. The normalized spacial score (nSPS) is 17.9. The van der Waals surface area contributed by atoms with Gasteiger partial charge >= 0.3 is 6.18 Å². The molecular weight excluding hydrogens is 449 g/mol. The first kappa shape index (κ1) is 22.1. The molecule has 3 aromatic rings. The molecular formula is C21H18ClF3N4O3. The molecule has 168 valence electrons. The zero-order chi connectivity index (χ0) is 23.2. The molecule has 0 saturated heterocycles. The van der Waals surface area contributed by atoms with Crippen LogP contribution in [-0.4, -0.2) is 27.8 Å². The maximum atomic E-state index is 13.8. The summed E-state index contributed by atoms with van der Waals surface area (Å²) in [5, 5.41) is 7.36. The number of hydrogen-bond donors (Lipinski definition) is 1. The molecule has 0 bridgehead atoms. The summed E-state index contributed by atoms with van der Waals surface area (Å²) in [5.41, 5.74) is 7.22. The summed E-state index contributed by atoms with van der Waals surface area (Å²) < 4.78 is 53.8. The molecule has 2 atom stereocenters. The average molecular weight is 467 g/mol. The van der Waals surface area contributed by atoms with E-state index in [2.05, 4.69) is 10.2 Å². The van der Waals surface area contributed by atoms with Crippen molar-refractivity contribution in [3.05, 3.63) is 69.8 Å². The van der Waals surface area contributed by atoms with Crippen LogP contribution in [0.15, 0.2) is 36.4 Å². The average Bonchev–Trinajstić information content (AvgIpc) is 3.12. The number of ether oxygens (including phenoxy) is 2. The molecule has 1 aromatic heterocycles. The first-order valence-electron chi connectivity index (χ1n) is 9.51. The lowest BCUT2D eigenvalue weighted by atomic mass is 9.95. The Kier molecular flexibility index (Phi) is 5.59. The topological polar surface area (TPSA) is 92.3 Å². The van der Waals surface area contributed by atoms with Gasteiger partial charge in [0.2, 0.25) is 11.7 Å². The number of hydrogen-bond acceptors (Lipinski definition) is 5. The maximum Gasteiger partial charge on any atom is 0.452 e. The summed E-state index contributed by atoms with van der Waals surface area (Å²) in [4.78, 5) is 11.8. The van der Waals surface area contributed by atoms with Crippen molar-refractivity contribution in [1.82, 2.24) is 14.8 Å². The van der Waals surface area contributed by atoms with E-state index in [4.69, 9.17) is 26.8 Å². The Morgan fingerprint density at radius 3 is 2.66 bits per heavy atom. The molecule has 32 heavy (non-hydrogen) atoms. The van der Waals surface area contributed by atoms with Crippen LogP contribution in [0.1, 0.15) is 47.0 Å². The number of methoxy groups -OCH3 is 1. The monoisotopic (exact) mass is 466 g/mol. The van der Waals surface area contributed by atoms with Gasteiger partial charge in [-0.3, -0.25) is 9.36 Å². The van der Waals surface area contributed by atoms with Crippen molar-refractivity contribution < 1.29 is 27.4 Å². The van der Waals surface area contributed by atoms with E-state index >= 15 is 0 Å². The molecule has 2 aromatic carbocycles. The Balaban J connectivity index is 2.03. The van der Waals surface area contributed by atoms with E-state index in [0.29, 0.717) is 21.9 Å². The highest BCUT2D eigenvalue weighted by Crippen LogP contribution is 2.45. The van der Waals surface area contributed by atoms with Crippen molar-refractivity contribution in [3.8, 4) is 11.4 Å². The van der Waals surface area contributed by atoms with Crippen molar-refractivity contribution in [2.45, 2.75) is 31.7 Å². The van der Waals surface area contributed by atoms with Gasteiger partial charge in [-0.25, -0.2) is 0 Å². The van der Waals surface area contributed by atoms with Crippen LogP contribution >= 0.6 is 11.6 Å². The second kappa shape index (κ2) is 8.10.